The fourth-order valence-corrected chi connectivity index (χ4v) is 2.67. The second-order valence-electron chi connectivity index (χ2n) is 4.69. The molecule has 1 N–H and O–H groups in total. The van der Waals surface area contributed by atoms with Crippen LogP contribution in [0.1, 0.15) is 30.9 Å². The van der Waals surface area contributed by atoms with Gasteiger partial charge in [-0.25, -0.2) is 0 Å². The predicted octanol–water partition coefficient (Wildman–Crippen LogP) is 3.26. The second kappa shape index (κ2) is 3.07. The Morgan fingerprint density at radius 3 is 2.50 bits per heavy atom. The van der Waals surface area contributed by atoms with Gasteiger partial charge in [0.25, 0.3) is 0 Å². The maximum Gasteiger partial charge on any atom is 0.0326 e. The molecule has 0 amide bonds. The van der Waals surface area contributed by atoms with Gasteiger partial charge in [-0.15, -0.1) is 0 Å². The highest BCUT2D eigenvalue weighted by Gasteiger charge is 2.48. The first kappa shape index (κ1) is 8.93. The molecule has 1 atom stereocenters. The molecule has 1 unspecified atom stereocenters. The van der Waals surface area contributed by atoms with E-state index in [9.17, 15) is 0 Å². The number of nitrogens with one attached hydrogen (secondary N) is 1. The van der Waals surface area contributed by atoms with Gasteiger partial charge in [0.05, 0.1) is 0 Å². The van der Waals surface area contributed by atoms with Gasteiger partial charge in [-0.1, -0.05) is 28.1 Å². The van der Waals surface area contributed by atoms with E-state index in [4.69, 9.17) is 0 Å². The van der Waals surface area contributed by atoms with E-state index in [0.717, 1.165) is 0 Å². The van der Waals surface area contributed by atoms with Gasteiger partial charge < -0.3 is 5.32 Å². The molecule has 0 aromatic heterocycles. The van der Waals surface area contributed by atoms with Gasteiger partial charge in [0.1, 0.15) is 0 Å². The summed E-state index contributed by atoms with van der Waals surface area (Å²) in [7, 11) is 0. The van der Waals surface area contributed by atoms with Crippen molar-refractivity contribution in [2.45, 2.75) is 25.3 Å². The standard InChI is InChI=1S/C12H14BrN/c13-10-3-1-9(2-4-10)11-7-12(5-6-12)8-14-11/h1-4,11,14H,5-8H2. The third-order valence-corrected chi connectivity index (χ3v) is 4.12. The third-order valence-electron chi connectivity index (χ3n) is 3.59. The summed E-state index contributed by atoms with van der Waals surface area (Å²) in [6, 6.07) is 9.32. The molecule has 74 valence electrons. The summed E-state index contributed by atoms with van der Waals surface area (Å²) < 4.78 is 1.17. The Hall–Kier alpha value is -0.340. The first-order valence-electron chi connectivity index (χ1n) is 5.26. The molecule has 2 heteroatoms. The van der Waals surface area contributed by atoms with Crippen molar-refractivity contribution >= 4 is 15.9 Å². The average Bonchev–Trinajstić information content (AvgIpc) is 2.79. The summed E-state index contributed by atoms with van der Waals surface area (Å²) in [6.45, 7) is 1.23. The van der Waals surface area contributed by atoms with Crippen LogP contribution in [0.15, 0.2) is 28.7 Å². The molecule has 1 aromatic rings. The molecule has 1 aliphatic heterocycles. The lowest BCUT2D eigenvalue weighted by molar-refractivity contribution is 0.552. The van der Waals surface area contributed by atoms with E-state index in [1.165, 1.54) is 35.8 Å². The minimum atomic E-state index is 0.602. The number of rotatable bonds is 1. The summed E-state index contributed by atoms with van der Waals surface area (Å²) in [4.78, 5) is 0. The molecule has 14 heavy (non-hydrogen) atoms. The van der Waals surface area contributed by atoms with Crippen molar-refractivity contribution in [3.05, 3.63) is 34.3 Å². The van der Waals surface area contributed by atoms with Crippen molar-refractivity contribution in [3.63, 3.8) is 0 Å². The van der Waals surface area contributed by atoms with Crippen molar-refractivity contribution < 1.29 is 0 Å². The van der Waals surface area contributed by atoms with Crippen LogP contribution in [0.4, 0.5) is 0 Å². The van der Waals surface area contributed by atoms with Crippen LogP contribution in [0.25, 0.3) is 0 Å². The average molecular weight is 252 g/mol. The minimum absolute atomic E-state index is 0.602. The summed E-state index contributed by atoms with van der Waals surface area (Å²) in [5.74, 6) is 0. The number of benzene rings is 1. The van der Waals surface area contributed by atoms with Crippen LogP contribution < -0.4 is 5.32 Å². The smallest absolute Gasteiger partial charge is 0.0326 e. The zero-order valence-corrected chi connectivity index (χ0v) is 9.68. The first-order valence-corrected chi connectivity index (χ1v) is 6.06. The van der Waals surface area contributed by atoms with Gasteiger partial charge in [0.2, 0.25) is 0 Å². The summed E-state index contributed by atoms with van der Waals surface area (Å²) >= 11 is 3.47. The predicted molar refractivity (Wildman–Crippen MR) is 61.2 cm³/mol. The maximum atomic E-state index is 3.63. The van der Waals surface area contributed by atoms with Gasteiger partial charge >= 0.3 is 0 Å². The zero-order chi connectivity index (χ0) is 9.60. The molecule has 0 bridgehead atoms. The van der Waals surface area contributed by atoms with Crippen molar-refractivity contribution in [1.82, 2.24) is 5.32 Å². The third kappa shape index (κ3) is 1.51. The first-order chi connectivity index (χ1) is 6.77. The van der Waals surface area contributed by atoms with Gasteiger partial charge in [-0.2, -0.15) is 0 Å². The van der Waals surface area contributed by atoms with Crippen LogP contribution in [0, 0.1) is 5.41 Å². The lowest BCUT2D eigenvalue weighted by Gasteiger charge is -2.10. The molecule has 1 aromatic carbocycles. The largest absolute Gasteiger partial charge is 0.309 e. The lowest BCUT2D eigenvalue weighted by Crippen LogP contribution is -2.13. The molecule has 1 nitrogen and oxygen atoms in total. The number of hydrogen-bond donors (Lipinski definition) is 1. The molecule has 1 spiro atoms. The fourth-order valence-electron chi connectivity index (χ4n) is 2.41. The summed E-state index contributed by atoms with van der Waals surface area (Å²) in [5, 5.41) is 3.63. The molecule has 2 aliphatic rings. The van der Waals surface area contributed by atoms with E-state index in [2.05, 4.69) is 45.5 Å². The monoisotopic (exact) mass is 251 g/mol. The Morgan fingerprint density at radius 1 is 1.21 bits per heavy atom. The number of hydrogen-bond acceptors (Lipinski definition) is 1. The van der Waals surface area contributed by atoms with E-state index in [0.29, 0.717) is 11.5 Å². The van der Waals surface area contributed by atoms with Crippen LogP contribution in [0.2, 0.25) is 0 Å². The van der Waals surface area contributed by atoms with Crippen LogP contribution >= 0.6 is 15.9 Å². The van der Waals surface area contributed by atoms with Crippen LogP contribution in [0.3, 0.4) is 0 Å². The quantitative estimate of drug-likeness (QED) is 0.808. The molecule has 2 fully saturated rings. The minimum Gasteiger partial charge on any atom is -0.309 e. The highest BCUT2D eigenvalue weighted by atomic mass is 79.9. The van der Waals surface area contributed by atoms with Crippen LogP contribution in [-0.4, -0.2) is 6.54 Å². The highest BCUT2D eigenvalue weighted by molar-refractivity contribution is 9.10. The Bertz CT molecular complexity index is 340. The second-order valence-corrected chi connectivity index (χ2v) is 5.60. The van der Waals surface area contributed by atoms with E-state index >= 15 is 0 Å². The number of halogens is 1. The van der Waals surface area contributed by atoms with Gasteiger partial charge in [0.15, 0.2) is 0 Å². The fraction of sp³-hybridized carbons (Fsp3) is 0.500. The Morgan fingerprint density at radius 2 is 1.93 bits per heavy atom. The van der Waals surface area contributed by atoms with Crippen molar-refractivity contribution in [3.8, 4) is 0 Å². The summed E-state index contributed by atoms with van der Waals surface area (Å²) in [6.07, 6.45) is 4.22. The van der Waals surface area contributed by atoms with Crippen molar-refractivity contribution in [2.75, 3.05) is 6.54 Å². The van der Waals surface area contributed by atoms with E-state index in [-0.39, 0.29) is 0 Å². The molecule has 3 rings (SSSR count). The van der Waals surface area contributed by atoms with Gasteiger partial charge in [0, 0.05) is 17.1 Å². The van der Waals surface area contributed by atoms with Crippen molar-refractivity contribution in [2.24, 2.45) is 5.41 Å². The van der Waals surface area contributed by atoms with Crippen LogP contribution in [0.5, 0.6) is 0 Å². The molecule has 0 radical (unpaired) electrons. The molecule has 1 aliphatic carbocycles. The highest BCUT2D eigenvalue weighted by Crippen LogP contribution is 2.54. The summed E-state index contributed by atoms with van der Waals surface area (Å²) in [5.41, 5.74) is 2.13. The van der Waals surface area contributed by atoms with E-state index in [1.54, 1.807) is 0 Å². The Labute approximate surface area is 93.0 Å². The SMILES string of the molecule is Brc1ccc(C2CC3(CC3)CN2)cc1. The lowest BCUT2D eigenvalue weighted by atomic mass is 9.98. The molecule has 1 heterocycles. The molecular weight excluding hydrogens is 238 g/mol. The van der Waals surface area contributed by atoms with Crippen molar-refractivity contribution in [1.29, 1.82) is 0 Å². The molecule has 1 saturated carbocycles. The zero-order valence-electron chi connectivity index (χ0n) is 8.09. The Balaban J connectivity index is 1.79. The van der Waals surface area contributed by atoms with E-state index < -0.39 is 0 Å². The molecular formula is C12H14BrN. The van der Waals surface area contributed by atoms with Gasteiger partial charge in [-0.3, -0.25) is 0 Å². The van der Waals surface area contributed by atoms with Gasteiger partial charge in [-0.05, 0) is 42.4 Å². The topological polar surface area (TPSA) is 12.0 Å². The maximum absolute atomic E-state index is 3.63. The van der Waals surface area contributed by atoms with Crippen LogP contribution in [-0.2, 0) is 0 Å². The normalized spacial score (nSPS) is 28.2. The van der Waals surface area contributed by atoms with E-state index in [1.807, 2.05) is 0 Å². The Kier molecular flexibility index (Phi) is 1.96. The molecule has 1 saturated heterocycles.